The second-order valence-corrected chi connectivity index (χ2v) is 3.33. The molecule has 0 saturated carbocycles. The molecule has 0 saturated heterocycles. The SMILES string of the molecule is O=C(O)NC1=C/C=C/C=C/C=C\C=C/N/N=C\C=C1. The van der Waals surface area contributed by atoms with Crippen molar-refractivity contribution in [3.05, 3.63) is 72.7 Å². The fraction of sp³-hybridized carbons (Fsp3) is 0. The first-order chi connectivity index (χ1) is 9.29. The lowest BCUT2D eigenvalue weighted by Gasteiger charge is -1.98. The highest BCUT2D eigenvalue weighted by atomic mass is 16.4. The van der Waals surface area contributed by atoms with Crippen molar-refractivity contribution in [2.24, 2.45) is 5.10 Å². The second kappa shape index (κ2) is 9.23. The fourth-order valence-electron chi connectivity index (χ4n) is 1.12. The van der Waals surface area contributed by atoms with Gasteiger partial charge in [-0.25, -0.2) is 4.79 Å². The topological polar surface area (TPSA) is 73.7 Å². The van der Waals surface area contributed by atoms with Gasteiger partial charge in [-0.3, -0.25) is 10.7 Å². The van der Waals surface area contributed by atoms with E-state index >= 15 is 0 Å². The fourth-order valence-corrected chi connectivity index (χ4v) is 1.12. The van der Waals surface area contributed by atoms with Crippen molar-refractivity contribution in [1.29, 1.82) is 0 Å². The third-order valence-corrected chi connectivity index (χ3v) is 1.88. The Morgan fingerprint density at radius 3 is 2.47 bits per heavy atom. The Bertz CT molecular complexity index is 495. The van der Waals surface area contributed by atoms with Gasteiger partial charge in [-0.05, 0) is 24.3 Å². The largest absolute Gasteiger partial charge is 0.465 e. The van der Waals surface area contributed by atoms with Gasteiger partial charge in [0, 0.05) is 18.1 Å². The van der Waals surface area contributed by atoms with Crippen LogP contribution in [0, 0.1) is 0 Å². The first-order valence-electron chi connectivity index (χ1n) is 5.61. The van der Waals surface area contributed by atoms with E-state index in [0.29, 0.717) is 5.70 Å². The molecule has 1 heterocycles. The molecule has 1 aliphatic heterocycles. The van der Waals surface area contributed by atoms with Crippen LogP contribution in [0.4, 0.5) is 4.79 Å². The van der Waals surface area contributed by atoms with E-state index in [0.717, 1.165) is 0 Å². The zero-order chi connectivity index (χ0) is 13.8. The molecule has 0 aromatic heterocycles. The van der Waals surface area contributed by atoms with Gasteiger partial charge in [0.1, 0.15) is 0 Å². The first kappa shape index (κ1) is 14.2. The molecule has 0 aromatic carbocycles. The number of rotatable bonds is 1. The lowest BCUT2D eigenvalue weighted by atomic mass is 10.3. The molecule has 0 unspecified atom stereocenters. The Balaban J connectivity index is 2.84. The second-order valence-electron chi connectivity index (χ2n) is 3.33. The molecule has 1 aliphatic rings. The maximum atomic E-state index is 10.6. The lowest BCUT2D eigenvalue weighted by Crippen LogP contribution is -2.18. The summed E-state index contributed by atoms with van der Waals surface area (Å²) in [5.41, 5.74) is 3.15. The number of amides is 1. The number of carboxylic acid groups (broad SMARTS) is 1. The van der Waals surface area contributed by atoms with Gasteiger partial charge in [0.15, 0.2) is 0 Å². The third kappa shape index (κ3) is 7.98. The Kier molecular flexibility index (Phi) is 6.92. The van der Waals surface area contributed by atoms with Crippen molar-refractivity contribution >= 4 is 12.3 Å². The normalized spacial score (nSPS) is 23.7. The van der Waals surface area contributed by atoms with Crippen molar-refractivity contribution in [2.45, 2.75) is 0 Å². The minimum atomic E-state index is -1.11. The molecular formula is C14H15N3O2. The minimum Gasteiger partial charge on any atom is -0.465 e. The Morgan fingerprint density at radius 1 is 1.05 bits per heavy atom. The molecule has 0 radical (unpaired) electrons. The molecule has 0 aromatic rings. The molecule has 98 valence electrons. The summed E-state index contributed by atoms with van der Waals surface area (Å²) in [6, 6.07) is 0. The van der Waals surface area contributed by atoms with Gasteiger partial charge in [0.25, 0.3) is 0 Å². The molecular weight excluding hydrogens is 242 g/mol. The molecule has 0 bridgehead atoms. The van der Waals surface area contributed by atoms with Crippen molar-refractivity contribution in [3.63, 3.8) is 0 Å². The highest BCUT2D eigenvalue weighted by molar-refractivity contribution is 5.73. The van der Waals surface area contributed by atoms with Crippen LogP contribution in [0.3, 0.4) is 0 Å². The summed E-state index contributed by atoms with van der Waals surface area (Å²) < 4.78 is 0. The van der Waals surface area contributed by atoms with Crippen LogP contribution < -0.4 is 10.7 Å². The minimum absolute atomic E-state index is 0.449. The highest BCUT2D eigenvalue weighted by Gasteiger charge is 1.95. The van der Waals surface area contributed by atoms with E-state index in [1.807, 2.05) is 30.4 Å². The summed E-state index contributed by atoms with van der Waals surface area (Å²) in [6.45, 7) is 0. The Labute approximate surface area is 111 Å². The van der Waals surface area contributed by atoms with Crippen LogP contribution in [0.15, 0.2) is 77.8 Å². The number of hydrogen-bond donors (Lipinski definition) is 3. The van der Waals surface area contributed by atoms with Gasteiger partial charge in [-0.1, -0.05) is 36.5 Å². The summed E-state index contributed by atoms with van der Waals surface area (Å²) in [4.78, 5) is 10.6. The number of carbonyl (C=O) groups is 1. The number of hydrogen-bond acceptors (Lipinski definition) is 3. The van der Waals surface area contributed by atoms with E-state index < -0.39 is 6.09 Å². The van der Waals surface area contributed by atoms with Crippen LogP contribution in [-0.4, -0.2) is 17.4 Å². The van der Waals surface area contributed by atoms with Crippen molar-refractivity contribution in [1.82, 2.24) is 10.7 Å². The van der Waals surface area contributed by atoms with Gasteiger partial charge in [0.05, 0.1) is 0 Å². The molecule has 0 aliphatic carbocycles. The van der Waals surface area contributed by atoms with Gasteiger partial charge >= 0.3 is 6.09 Å². The van der Waals surface area contributed by atoms with Gasteiger partial charge in [-0.2, -0.15) is 5.10 Å². The van der Waals surface area contributed by atoms with Crippen LogP contribution >= 0.6 is 0 Å². The van der Waals surface area contributed by atoms with Crippen LogP contribution in [0.1, 0.15) is 0 Å². The molecule has 5 heteroatoms. The standard InChI is InChI=1S/C14H15N3O2/c18-14(19)17-13-9-6-4-2-1-3-5-7-11-15-16-12-8-10-13/h1-12,15,17H,(H,18,19)/b2-1+,5-3-,6-4+,10-8?,11-7-,13-9?,16-12-. The summed E-state index contributed by atoms with van der Waals surface area (Å²) in [7, 11) is 0. The Hall–Kier alpha value is -2.82. The molecule has 0 fully saturated rings. The zero-order valence-corrected chi connectivity index (χ0v) is 10.2. The molecule has 5 nitrogen and oxygen atoms in total. The highest BCUT2D eigenvalue weighted by Crippen LogP contribution is 1.94. The average Bonchev–Trinajstić information content (AvgIpc) is 2.38. The van der Waals surface area contributed by atoms with E-state index in [1.54, 1.807) is 36.6 Å². The van der Waals surface area contributed by atoms with E-state index in [9.17, 15) is 4.79 Å². The molecule has 0 atom stereocenters. The summed E-state index contributed by atoms with van der Waals surface area (Å²) >= 11 is 0. The van der Waals surface area contributed by atoms with Gasteiger partial charge in [0.2, 0.25) is 0 Å². The monoisotopic (exact) mass is 257 g/mol. The summed E-state index contributed by atoms with van der Waals surface area (Å²) in [6.07, 6.45) is 19.7. The smallest absolute Gasteiger partial charge is 0.409 e. The van der Waals surface area contributed by atoms with Crippen LogP contribution in [0.25, 0.3) is 0 Å². The zero-order valence-electron chi connectivity index (χ0n) is 10.2. The lowest BCUT2D eigenvalue weighted by molar-refractivity contribution is 0.198. The van der Waals surface area contributed by atoms with Gasteiger partial charge in [-0.15, -0.1) is 0 Å². The number of hydrazone groups is 1. The number of nitrogens with zero attached hydrogens (tertiary/aromatic N) is 1. The van der Waals surface area contributed by atoms with Crippen LogP contribution in [-0.2, 0) is 0 Å². The van der Waals surface area contributed by atoms with Crippen molar-refractivity contribution < 1.29 is 9.90 Å². The average molecular weight is 257 g/mol. The summed E-state index contributed by atoms with van der Waals surface area (Å²) in [5.74, 6) is 0. The predicted molar refractivity (Wildman–Crippen MR) is 76.6 cm³/mol. The molecule has 0 spiro atoms. The first-order valence-corrected chi connectivity index (χ1v) is 5.61. The van der Waals surface area contributed by atoms with E-state index in [2.05, 4.69) is 15.8 Å². The summed E-state index contributed by atoms with van der Waals surface area (Å²) in [5, 5.41) is 14.8. The van der Waals surface area contributed by atoms with Gasteiger partial charge < -0.3 is 5.11 Å². The van der Waals surface area contributed by atoms with E-state index in [1.165, 1.54) is 6.21 Å². The van der Waals surface area contributed by atoms with Crippen molar-refractivity contribution in [2.75, 3.05) is 0 Å². The van der Waals surface area contributed by atoms with Crippen LogP contribution in [0.5, 0.6) is 0 Å². The van der Waals surface area contributed by atoms with Crippen LogP contribution in [0.2, 0.25) is 0 Å². The molecule has 19 heavy (non-hydrogen) atoms. The molecule has 3 N–H and O–H groups in total. The van der Waals surface area contributed by atoms with E-state index in [4.69, 9.17) is 5.11 Å². The molecule has 1 amide bonds. The maximum absolute atomic E-state index is 10.6. The Morgan fingerprint density at radius 2 is 1.74 bits per heavy atom. The third-order valence-electron chi connectivity index (χ3n) is 1.88. The van der Waals surface area contributed by atoms with E-state index in [-0.39, 0.29) is 0 Å². The number of nitrogens with one attached hydrogen (secondary N) is 2. The van der Waals surface area contributed by atoms with Crippen molar-refractivity contribution in [3.8, 4) is 0 Å². The number of allylic oxidation sites excluding steroid dienone is 10. The maximum Gasteiger partial charge on any atom is 0.409 e. The predicted octanol–water partition coefficient (Wildman–Crippen LogP) is 2.47. The molecule has 1 rings (SSSR count). The quantitative estimate of drug-likeness (QED) is 0.675.